The minimum atomic E-state index is -0.00723. The molecule has 3 nitrogen and oxygen atoms in total. The van der Waals surface area contributed by atoms with E-state index in [1.165, 1.54) is 0 Å². The van der Waals surface area contributed by atoms with E-state index in [2.05, 4.69) is 0 Å². The van der Waals surface area contributed by atoms with Gasteiger partial charge in [-0.1, -0.05) is 0 Å². The average Bonchev–Trinajstić information content (AvgIpc) is 2.47. The minimum Gasteiger partial charge on any atom is -0.491 e. The normalized spacial score (nSPS) is 10.8. The van der Waals surface area contributed by atoms with Gasteiger partial charge in [0.05, 0.1) is 12.2 Å². The Labute approximate surface area is 131 Å². The van der Waals surface area contributed by atoms with Crippen molar-refractivity contribution in [2.75, 3.05) is 0 Å². The first-order valence-corrected chi connectivity index (χ1v) is 7.54. The van der Waals surface area contributed by atoms with Crippen molar-refractivity contribution in [1.29, 1.82) is 0 Å². The number of carbonyl (C=O) groups excluding carboxylic acids is 1. The highest BCUT2D eigenvalue weighted by Crippen LogP contribution is 2.19. The van der Waals surface area contributed by atoms with E-state index in [1.54, 1.807) is 24.3 Å². The van der Waals surface area contributed by atoms with Gasteiger partial charge in [0.15, 0.2) is 5.78 Å². The van der Waals surface area contributed by atoms with Crippen LogP contribution in [0.3, 0.4) is 0 Å². The number of rotatable bonds is 6. The van der Waals surface area contributed by atoms with Crippen LogP contribution in [0.2, 0.25) is 0 Å². The van der Waals surface area contributed by atoms with Gasteiger partial charge in [0.2, 0.25) is 0 Å². The monoisotopic (exact) mass is 298 g/mol. The third kappa shape index (κ3) is 4.35. The van der Waals surface area contributed by atoms with Gasteiger partial charge in [0.1, 0.15) is 11.5 Å². The summed E-state index contributed by atoms with van der Waals surface area (Å²) < 4.78 is 11.2. The van der Waals surface area contributed by atoms with Crippen LogP contribution < -0.4 is 9.47 Å². The van der Waals surface area contributed by atoms with Crippen LogP contribution >= 0.6 is 0 Å². The zero-order chi connectivity index (χ0) is 16.1. The van der Waals surface area contributed by atoms with Gasteiger partial charge in [-0.15, -0.1) is 0 Å². The molecule has 0 saturated heterocycles. The molecular formula is C19H22O3. The van der Waals surface area contributed by atoms with Crippen molar-refractivity contribution in [3.05, 3.63) is 59.7 Å². The predicted octanol–water partition coefficient (Wildman–Crippen LogP) is 4.49. The molecule has 2 aromatic carbocycles. The molecule has 0 radical (unpaired) electrons. The van der Waals surface area contributed by atoms with Gasteiger partial charge in [-0.3, -0.25) is 4.79 Å². The Morgan fingerprint density at radius 3 is 1.27 bits per heavy atom. The smallest absolute Gasteiger partial charge is 0.193 e. The molecule has 22 heavy (non-hydrogen) atoms. The number of ketones is 1. The number of hydrogen-bond acceptors (Lipinski definition) is 3. The Morgan fingerprint density at radius 2 is 1.00 bits per heavy atom. The van der Waals surface area contributed by atoms with E-state index in [0.29, 0.717) is 11.1 Å². The molecule has 3 heteroatoms. The largest absolute Gasteiger partial charge is 0.491 e. The van der Waals surface area contributed by atoms with Crippen molar-refractivity contribution in [3.8, 4) is 11.5 Å². The van der Waals surface area contributed by atoms with Crippen molar-refractivity contribution in [2.45, 2.75) is 39.9 Å². The molecule has 0 aliphatic heterocycles. The van der Waals surface area contributed by atoms with Gasteiger partial charge < -0.3 is 9.47 Å². The Balaban J connectivity index is 2.10. The molecule has 0 spiro atoms. The maximum absolute atomic E-state index is 12.4. The summed E-state index contributed by atoms with van der Waals surface area (Å²) in [5.74, 6) is 1.53. The van der Waals surface area contributed by atoms with Gasteiger partial charge in [0, 0.05) is 11.1 Å². The van der Waals surface area contributed by atoms with E-state index in [9.17, 15) is 4.79 Å². The zero-order valence-electron chi connectivity index (χ0n) is 13.5. The molecule has 2 rings (SSSR count). The lowest BCUT2D eigenvalue weighted by molar-refractivity contribution is 0.103. The first-order chi connectivity index (χ1) is 10.5. The summed E-state index contributed by atoms with van der Waals surface area (Å²) in [6.07, 6.45) is 0.241. The van der Waals surface area contributed by atoms with E-state index < -0.39 is 0 Å². The molecule has 0 fully saturated rings. The highest BCUT2D eigenvalue weighted by molar-refractivity contribution is 6.09. The fourth-order valence-corrected chi connectivity index (χ4v) is 2.08. The van der Waals surface area contributed by atoms with Crippen LogP contribution in [-0.4, -0.2) is 18.0 Å². The Kier molecular flexibility index (Phi) is 5.21. The lowest BCUT2D eigenvalue weighted by Gasteiger charge is -2.11. The molecule has 0 saturated carbocycles. The van der Waals surface area contributed by atoms with Crippen molar-refractivity contribution in [2.24, 2.45) is 0 Å². The maximum Gasteiger partial charge on any atom is 0.193 e. The van der Waals surface area contributed by atoms with E-state index in [4.69, 9.17) is 9.47 Å². The Morgan fingerprint density at radius 1 is 0.682 bits per heavy atom. The van der Waals surface area contributed by atoms with Crippen molar-refractivity contribution in [1.82, 2.24) is 0 Å². The fourth-order valence-electron chi connectivity index (χ4n) is 2.08. The summed E-state index contributed by atoms with van der Waals surface area (Å²) in [7, 11) is 0. The summed E-state index contributed by atoms with van der Waals surface area (Å²) in [5, 5.41) is 0. The van der Waals surface area contributed by atoms with Gasteiger partial charge in [0.25, 0.3) is 0 Å². The van der Waals surface area contributed by atoms with Crippen LogP contribution in [-0.2, 0) is 0 Å². The molecule has 0 N–H and O–H groups in total. The van der Waals surface area contributed by atoms with E-state index in [-0.39, 0.29) is 18.0 Å². The summed E-state index contributed by atoms with van der Waals surface area (Å²) in [6.45, 7) is 7.89. The number of hydrogen-bond donors (Lipinski definition) is 0. The molecule has 0 unspecified atom stereocenters. The lowest BCUT2D eigenvalue weighted by atomic mass is 10.0. The van der Waals surface area contributed by atoms with E-state index in [1.807, 2.05) is 52.0 Å². The van der Waals surface area contributed by atoms with Gasteiger partial charge >= 0.3 is 0 Å². The topological polar surface area (TPSA) is 35.5 Å². The molecule has 0 heterocycles. The molecule has 0 amide bonds. The molecule has 116 valence electrons. The van der Waals surface area contributed by atoms with Crippen molar-refractivity contribution in [3.63, 3.8) is 0 Å². The van der Waals surface area contributed by atoms with Crippen LogP contribution in [0.25, 0.3) is 0 Å². The van der Waals surface area contributed by atoms with Crippen molar-refractivity contribution >= 4 is 5.78 Å². The van der Waals surface area contributed by atoms with Gasteiger partial charge in [-0.25, -0.2) is 0 Å². The van der Waals surface area contributed by atoms with Gasteiger partial charge in [-0.2, -0.15) is 0 Å². The summed E-state index contributed by atoms with van der Waals surface area (Å²) >= 11 is 0. The molecule has 2 aromatic rings. The molecule has 0 aromatic heterocycles. The van der Waals surface area contributed by atoms with E-state index >= 15 is 0 Å². The van der Waals surface area contributed by atoms with Crippen LogP contribution in [0.1, 0.15) is 43.6 Å². The van der Waals surface area contributed by atoms with Crippen LogP contribution in [0, 0.1) is 0 Å². The van der Waals surface area contributed by atoms with Crippen LogP contribution in [0.4, 0.5) is 0 Å². The fraction of sp³-hybridized carbons (Fsp3) is 0.316. The minimum absolute atomic E-state index is 0.00723. The Hall–Kier alpha value is -2.29. The quantitative estimate of drug-likeness (QED) is 0.737. The SMILES string of the molecule is CC(C)Oc1ccc(C(=O)c2ccc(OC(C)C)cc2)cc1. The maximum atomic E-state index is 12.4. The summed E-state index contributed by atoms with van der Waals surface area (Å²) in [4.78, 5) is 12.4. The second-order valence-electron chi connectivity index (χ2n) is 5.71. The summed E-state index contributed by atoms with van der Waals surface area (Å²) in [6, 6.07) is 14.5. The van der Waals surface area contributed by atoms with Crippen LogP contribution in [0.15, 0.2) is 48.5 Å². The highest BCUT2D eigenvalue weighted by Gasteiger charge is 2.10. The molecule has 0 aliphatic carbocycles. The second kappa shape index (κ2) is 7.12. The summed E-state index contributed by atoms with van der Waals surface area (Å²) in [5.41, 5.74) is 1.29. The van der Waals surface area contributed by atoms with Gasteiger partial charge in [-0.05, 0) is 76.2 Å². The average molecular weight is 298 g/mol. The highest BCUT2D eigenvalue weighted by atomic mass is 16.5. The number of carbonyl (C=O) groups is 1. The standard InChI is InChI=1S/C19H22O3/c1-13(2)21-17-9-5-15(6-10-17)19(20)16-7-11-18(12-8-16)22-14(3)4/h5-14H,1-4H3. The first-order valence-electron chi connectivity index (χ1n) is 7.54. The third-order valence-electron chi connectivity index (χ3n) is 2.98. The van der Waals surface area contributed by atoms with Crippen LogP contribution in [0.5, 0.6) is 11.5 Å². The molecule has 0 aliphatic rings. The predicted molar refractivity (Wildman–Crippen MR) is 87.8 cm³/mol. The first kappa shape index (κ1) is 16.1. The van der Waals surface area contributed by atoms with Crippen molar-refractivity contribution < 1.29 is 14.3 Å². The zero-order valence-corrected chi connectivity index (χ0v) is 13.5. The Bertz CT molecular complexity index is 555. The molecule has 0 atom stereocenters. The van der Waals surface area contributed by atoms with E-state index in [0.717, 1.165) is 11.5 Å². The molecule has 0 bridgehead atoms. The third-order valence-corrected chi connectivity index (χ3v) is 2.98. The number of ether oxygens (including phenoxy) is 2. The number of benzene rings is 2. The lowest BCUT2D eigenvalue weighted by Crippen LogP contribution is -2.07. The second-order valence-corrected chi connectivity index (χ2v) is 5.71. The molecular weight excluding hydrogens is 276 g/mol.